The van der Waals surface area contributed by atoms with Crippen LogP contribution in [0.3, 0.4) is 0 Å². The molecule has 1 aromatic carbocycles. The van der Waals surface area contributed by atoms with Gasteiger partial charge in [0.2, 0.25) is 5.91 Å². The van der Waals surface area contributed by atoms with Crippen LogP contribution in [0.15, 0.2) is 30.6 Å². The van der Waals surface area contributed by atoms with Gasteiger partial charge in [0.15, 0.2) is 0 Å². The zero-order chi connectivity index (χ0) is 18.7. The van der Waals surface area contributed by atoms with Crippen molar-refractivity contribution in [2.24, 2.45) is 13.0 Å². The highest BCUT2D eigenvalue weighted by molar-refractivity contribution is 6.33. The second kappa shape index (κ2) is 9.78. The van der Waals surface area contributed by atoms with Crippen LogP contribution in [0.4, 0.5) is 0 Å². The minimum absolute atomic E-state index is 0. The number of aryl methyl sites for hydroxylation is 1. The van der Waals surface area contributed by atoms with E-state index in [1.54, 1.807) is 10.9 Å². The van der Waals surface area contributed by atoms with E-state index in [4.69, 9.17) is 23.2 Å². The first-order valence-corrected chi connectivity index (χ1v) is 9.62. The lowest BCUT2D eigenvalue weighted by atomic mass is 9.89. The monoisotopic (exact) mass is 430 g/mol. The van der Waals surface area contributed by atoms with E-state index in [9.17, 15) is 4.79 Å². The number of benzene rings is 1. The molecule has 1 atom stereocenters. The number of carbonyl (C=O) groups excluding carboxylic acids is 1. The molecule has 0 radical (unpaired) electrons. The SMILES string of the molecule is CNC(C(=O)N1CCC(Cc2cc(Cl)ccc2Cl)CC1)c1cnn(C)c1.Cl. The van der Waals surface area contributed by atoms with E-state index < -0.39 is 0 Å². The van der Waals surface area contributed by atoms with Crippen LogP contribution in [0, 0.1) is 5.92 Å². The predicted octanol–water partition coefficient (Wildman–Crippen LogP) is 3.89. The van der Waals surface area contributed by atoms with E-state index in [1.165, 1.54) is 0 Å². The van der Waals surface area contributed by atoms with Crippen LogP contribution in [0.25, 0.3) is 0 Å². The number of nitrogens with one attached hydrogen (secondary N) is 1. The van der Waals surface area contributed by atoms with E-state index in [2.05, 4.69) is 10.4 Å². The molecular weight excluding hydrogens is 407 g/mol. The Morgan fingerprint density at radius 2 is 2.04 bits per heavy atom. The van der Waals surface area contributed by atoms with E-state index >= 15 is 0 Å². The third kappa shape index (κ3) is 5.38. The Morgan fingerprint density at radius 3 is 2.63 bits per heavy atom. The van der Waals surface area contributed by atoms with Crippen molar-refractivity contribution in [1.82, 2.24) is 20.0 Å². The van der Waals surface area contributed by atoms with Gasteiger partial charge in [-0.2, -0.15) is 5.10 Å². The van der Waals surface area contributed by atoms with Crippen molar-refractivity contribution in [2.45, 2.75) is 25.3 Å². The van der Waals surface area contributed by atoms with Crippen molar-refractivity contribution in [1.29, 1.82) is 0 Å². The van der Waals surface area contributed by atoms with Crippen molar-refractivity contribution in [3.63, 3.8) is 0 Å². The van der Waals surface area contributed by atoms with E-state index in [-0.39, 0.29) is 24.4 Å². The van der Waals surface area contributed by atoms with Crippen LogP contribution in [-0.4, -0.2) is 40.7 Å². The molecule has 27 heavy (non-hydrogen) atoms. The minimum Gasteiger partial charge on any atom is -0.341 e. The summed E-state index contributed by atoms with van der Waals surface area (Å²) in [4.78, 5) is 14.8. The highest BCUT2D eigenvalue weighted by atomic mass is 35.5. The second-order valence-electron chi connectivity index (χ2n) is 6.88. The van der Waals surface area contributed by atoms with Gasteiger partial charge in [0, 0.05) is 41.9 Å². The molecule has 1 saturated heterocycles. The molecule has 1 N–H and O–H groups in total. The Labute approximate surface area is 176 Å². The van der Waals surface area contributed by atoms with Gasteiger partial charge in [0.05, 0.1) is 6.20 Å². The van der Waals surface area contributed by atoms with Crippen LogP contribution < -0.4 is 5.32 Å². The molecule has 1 aromatic heterocycles. The van der Waals surface area contributed by atoms with Crippen molar-refractivity contribution in [3.05, 3.63) is 51.8 Å². The summed E-state index contributed by atoms with van der Waals surface area (Å²) < 4.78 is 1.72. The smallest absolute Gasteiger partial charge is 0.244 e. The number of hydrogen-bond donors (Lipinski definition) is 1. The molecule has 0 aliphatic carbocycles. The summed E-state index contributed by atoms with van der Waals surface area (Å²) in [6, 6.07) is 5.26. The molecule has 5 nitrogen and oxygen atoms in total. The summed E-state index contributed by atoms with van der Waals surface area (Å²) in [6.07, 6.45) is 6.47. The van der Waals surface area contributed by atoms with Gasteiger partial charge in [0.1, 0.15) is 6.04 Å². The molecule has 148 valence electrons. The number of nitrogens with zero attached hydrogens (tertiary/aromatic N) is 3. The van der Waals surface area contributed by atoms with Crippen molar-refractivity contribution in [3.8, 4) is 0 Å². The summed E-state index contributed by atoms with van der Waals surface area (Å²) >= 11 is 12.4. The Kier molecular flexibility index (Phi) is 7.98. The molecule has 3 rings (SSSR count). The maximum atomic E-state index is 12.9. The molecular formula is C19H25Cl3N4O. The standard InChI is InChI=1S/C19H24Cl2N4O.ClH/c1-22-18(15-11-23-24(2)12-15)19(26)25-7-5-13(6-8-25)9-14-10-16(20)3-4-17(14)21;/h3-4,10-13,18,22H,5-9H2,1-2H3;1H. The van der Waals surface area contributed by atoms with Crippen LogP contribution in [0.2, 0.25) is 10.0 Å². The minimum atomic E-state index is -0.345. The van der Waals surface area contributed by atoms with Crippen LogP contribution in [-0.2, 0) is 18.3 Å². The summed E-state index contributed by atoms with van der Waals surface area (Å²) in [5.74, 6) is 0.626. The van der Waals surface area contributed by atoms with Gasteiger partial charge >= 0.3 is 0 Å². The number of hydrogen-bond acceptors (Lipinski definition) is 3. The molecule has 2 aromatic rings. The molecule has 1 amide bonds. The molecule has 0 saturated carbocycles. The van der Waals surface area contributed by atoms with Crippen LogP contribution >= 0.6 is 35.6 Å². The molecule has 0 bridgehead atoms. The quantitative estimate of drug-likeness (QED) is 0.781. The molecule has 1 aliphatic heterocycles. The first-order valence-electron chi connectivity index (χ1n) is 8.86. The third-order valence-corrected chi connectivity index (χ3v) is 5.64. The lowest BCUT2D eigenvalue weighted by molar-refractivity contribution is -0.134. The number of aromatic nitrogens is 2. The predicted molar refractivity (Wildman–Crippen MR) is 112 cm³/mol. The number of likely N-dealkylation sites (tertiary alicyclic amines) is 1. The van der Waals surface area contributed by atoms with Crippen molar-refractivity contribution < 1.29 is 4.79 Å². The Morgan fingerprint density at radius 1 is 1.33 bits per heavy atom. The summed E-state index contributed by atoms with van der Waals surface area (Å²) in [5.41, 5.74) is 1.99. The number of likely N-dealkylation sites (N-methyl/N-ethyl adjacent to an activating group) is 1. The zero-order valence-corrected chi connectivity index (χ0v) is 17.8. The fourth-order valence-corrected chi connectivity index (χ4v) is 3.96. The average molecular weight is 432 g/mol. The average Bonchev–Trinajstić information content (AvgIpc) is 3.05. The number of piperidine rings is 1. The molecule has 2 heterocycles. The van der Waals surface area contributed by atoms with Crippen molar-refractivity contribution in [2.75, 3.05) is 20.1 Å². The van der Waals surface area contributed by atoms with E-state index in [1.807, 2.05) is 43.4 Å². The van der Waals surface area contributed by atoms with Gasteiger partial charge in [-0.25, -0.2) is 0 Å². The van der Waals surface area contributed by atoms with Crippen molar-refractivity contribution >= 4 is 41.5 Å². The molecule has 0 spiro atoms. The number of halogens is 3. The van der Waals surface area contributed by atoms with Gasteiger partial charge < -0.3 is 10.2 Å². The second-order valence-corrected chi connectivity index (χ2v) is 7.72. The maximum absolute atomic E-state index is 12.9. The maximum Gasteiger partial charge on any atom is 0.244 e. The fourth-order valence-electron chi connectivity index (χ4n) is 3.57. The molecule has 8 heteroatoms. The number of carbonyl (C=O) groups is 1. The Balaban J connectivity index is 0.00000261. The molecule has 1 unspecified atom stereocenters. The first kappa shape index (κ1) is 22.0. The van der Waals surface area contributed by atoms with Gasteiger partial charge in [-0.3, -0.25) is 9.48 Å². The van der Waals surface area contributed by atoms with E-state index in [0.29, 0.717) is 10.9 Å². The largest absolute Gasteiger partial charge is 0.341 e. The summed E-state index contributed by atoms with van der Waals surface area (Å²) in [7, 11) is 3.66. The fraction of sp³-hybridized carbons (Fsp3) is 0.474. The first-order chi connectivity index (χ1) is 12.5. The van der Waals surface area contributed by atoms with Gasteiger partial charge in [-0.1, -0.05) is 23.2 Å². The van der Waals surface area contributed by atoms with Crippen LogP contribution in [0.5, 0.6) is 0 Å². The zero-order valence-electron chi connectivity index (χ0n) is 15.5. The Bertz CT molecular complexity index is 772. The lowest BCUT2D eigenvalue weighted by Gasteiger charge is -2.34. The molecule has 1 fully saturated rings. The highest BCUT2D eigenvalue weighted by Crippen LogP contribution is 2.28. The third-order valence-electron chi connectivity index (χ3n) is 5.04. The van der Waals surface area contributed by atoms with Gasteiger partial charge in [-0.05, 0) is 56.0 Å². The summed E-state index contributed by atoms with van der Waals surface area (Å²) in [5, 5.41) is 8.76. The number of amides is 1. The highest BCUT2D eigenvalue weighted by Gasteiger charge is 2.29. The number of rotatable bonds is 5. The molecule has 1 aliphatic rings. The normalized spacial score (nSPS) is 16.1. The lowest BCUT2D eigenvalue weighted by Crippen LogP contribution is -2.44. The topological polar surface area (TPSA) is 50.2 Å². The Hall–Kier alpha value is -1.27. The summed E-state index contributed by atoms with van der Waals surface area (Å²) in [6.45, 7) is 1.53. The van der Waals surface area contributed by atoms with Gasteiger partial charge in [-0.15, -0.1) is 12.4 Å². The van der Waals surface area contributed by atoms with Crippen LogP contribution in [0.1, 0.15) is 30.0 Å². The van der Waals surface area contributed by atoms with E-state index in [0.717, 1.165) is 48.5 Å². The van der Waals surface area contributed by atoms with Gasteiger partial charge in [0.25, 0.3) is 0 Å².